The summed E-state index contributed by atoms with van der Waals surface area (Å²) in [4.78, 5) is 29.5. The smallest absolute Gasteiger partial charge is 0.325 e. The van der Waals surface area contributed by atoms with E-state index in [0.29, 0.717) is 5.69 Å². The summed E-state index contributed by atoms with van der Waals surface area (Å²) in [6, 6.07) is 16.2. The molecule has 2 aromatic carbocycles. The SMILES string of the molecule is Cc1ccc(N2C(=O)C[C@@H](c3ccccc3)[C@@H]2C(=O)C=[N+]=[N-])cc1. The number of aryl methyl sites for hydroxylation is 1. The Morgan fingerprint density at radius 3 is 2.46 bits per heavy atom. The molecule has 1 heterocycles. The number of amides is 1. The Morgan fingerprint density at radius 2 is 1.83 bits per heavy atom. The Hall–Kier alpha value is -3.04. The number of Topliss-reactive ketones (excluding diaryl/α,β-unsaturated/α-hetero) is 1. The molecule has 0 bridgehead atoms. The van der Waals surface area contributed by atoms with Crippen molar-refractivity contribution in [1.82, 2.24) is 0 Å². The Labute approximate surface area is 140 Å². The van der Waals surface area contributed by atoms with Crippen molar-refractivity contribution < 1.29 is 14.4 Å². The molecule has 0 aromatic heterocycles. The number of hydrogen-bond acceptors (Lipinski definition) is 2. The highest BCUT2D eigenvalue weighted by Gasteiger charge is 2.46. The molecule has 1 fully saturated rings. The molecule has 0 saturated carbocycles. The molecule has 5 heteroatoms. The lowest BCUT2D eigenvalue weighted by atomic mass is 9.89. The van der Waals surface area contributed by atoms with Crippen molar-refractivity contribution in [3.63, 3.8) is 0 Å². The van der Waals surface area contributed by atoms with E-state index in [0.717, 1.165) is 17.3 Å². The zero-order valence-corrected chi connectivity index (χ0v) is 13.3. The monoisotopic (exact) mass is 319 g/mol. The molecule has 0 aliphatic carbocycles. The molecule has 120 valence electrons. The zero-order valence-electron chi connectivity index (χ0n) is 13.3. The van der Waals surface area contributed by atoms with Crippen LogP contribution in [0.3, 0.4) is 0 Å². The molecule has 1 amide bonds. The van der Waals surface area contributed by atoms with Crippen LogP contribution in [0, 0.1) is 6.92 Å². The number of rotatable bonds is 4. The van der Waals surface area contributed by atoms with Crippen LogP contribution in [-0.2, 0) is 9.59 Å². The highest BCUT2D eigenvalue weighted by atomic mass is 16.2. The minimum Gasteiger partial charge on any atom is -0.361 e. The number of carbonyl (C=O) groups excluding carboxylic acids is 2. The number of ketones is 1. The number of benzene rings is 2. The van der Waals surface area contributed by atoms with Crippen molar-refractivity contribution in [3.05, 3.63) is 71.3 Å². The van der Waals surface area contributed by atoms with Crippen molar-refractivity contribution in [3.8, 4) is 0 Å². The topological polar surface area (TPSA) is 73.8 Å². The number of anilines is 1. The molecular weight excluding hydrogens is 302 g/mol. The maximum atomic E-state index is 12.6. The second-order valence-corrected chi connectivity index (χ2v) is 5.91. The molecular formula is C19H17N3O2. The van der Waals surface area contributed by atoms with Gasteiger partial charge in [-0.25, -0.2) is 0 Å². The van der Waals surface area contributed by atoms with Gasteiger partial charge in [-0.1, -0.05) is 48.0 Å². The Kier molecular flexibility index (Phi) is 4.36. The van der Waals surface area contributed by atoms with Crippen LogP contribution < -0.4 is 4.90 Å². The second-order valence-electron chi connectivity index (χ2n) is 5.91. The van der Waals surface area contributed by atoms with Crippen molar-refractivity contribution >= 4 is 23.6 Å². The molecule has 24 heavy (non-hydrogen) atoms. The van der Waals surface area contributed by atoms with Crippen LogP contribution in [0.2, 0.25) is 0 Å². The van der Waals surface area contributed by atoms with Gasteiger partial charge in [-0.2, -0.15) is 4.79 Å². The van der Waals surface area contributed by atoms with Crippen LogP contribution in [0.4, 0.5) is 5.69 Å². The van der Waals surface area contributed by atoms with E-state index in [1.54, 1.807) is 0 Å². The summed E-state index contributed by atoms with van der Waals surface area (Å²) in [7, 11) is 0. The third-order valence-corrected chi connectivity index (χ3v) is 4.34. The van der Waals surface area contributed by atoms with E-state index < -0.39 is 11.8 Å². The Balaban J connectivity index is 2.06. The van der Waals surface area contributed by atoms with Gasteiger partial charge in [0, 0.05) is 18.0 Å². The highest BCUT2D eigenvalue weighted by molar-refractivity contribution is 6.31. The molecule has 0 unspecified atom stereocenters. The quantitative estimate of drug-likeness (QED) is 0.494. The van der Waals surface area contributed by atoms with E-state index in [1.165, 1.54) is 4.90 Å². The predicted octanol–water partition coefficient (Wildman–Crippen LogP) is 2.75. The van der Waals surface area contributed by atoms with Crippen LogP contribution in [0.15, 0.2) is 54.6 Å². The van der Waals surface area contributed by atoms with E-state index >= 15 is 0 Å². The standard InChI is InChI=1S/C19H17N3O2/c1-13-7-9-15(10-8-13)22-18(24)11-16(14-5-3-2-4-6-14)19(22)17(23)12-21-20/h2-10,12,16,19H,11H2,1H3/t16-,19+/m0/s1. The molecule has 2 atom stereocenters. The second kappa shape index (κ2) is 6.60. The summed E-state index contributed by atoms with van der Waals surface area (Å²) in [5.41, 5.74) is 11.4. The number of carbonyl (C=O) groups is 2. The molecule has 2 aromatic rings. The van der Waals surface area contributed by atoms with Gasteiger partial charge in [0.25, 0.3) is 5.78 Å². The lowest BCUT2D eigenvalue weighted by Gasteiger charge is -2.25. The first kappa shape index (κ1) is 15.8. The Morgan fingerprint density at radius 1 is 1.17 bits per heavy atom. The fourth-order valence-electron chi connectivity index (χ4n) is 3.20. The number of nitrogens with zero attached hydrogens (tertiary/aromatic N) is 3. The summed E-state index contributed by atoms with van der Waals surface area (Å²) in [5.74, 6) is -0.777. The summed E-state index contributed by atoms with van der Waals surface area (Å²) >= 11 is 0. The van der Waals surface area contributed by atoms with Crippen LogP contribution in [0.25, 0.3) is 5.53 Å². The normalized spacial score (nSPS) is 19.9. The molecule has 1 saturated heterocycles. The van der Waals surface area contributed by atoms with Gasteiger partial charge in [0.15, 0.2) is 0 Å². The molecule has 5 nitrogen and oxygen atoms in total. The first-order chi connectivity index (χ1) is 11.6. The van der Waals surface area contributed by atoms with Crippen molar-refractivity contribution in [2.75, 3.05) is 4.90 Å². The number of hydrogen-bond donors (Lipinski definition) is 0. The average molecular weight is 319 g/mol. The van der Waals surface area contributed by atoms with E-state index in [-0.39, 0.29) is 18.2 Å². The molecule has 1 aliphatic rings. The summed E-state index contributed by atoms with van der Waals surface area (Å²) < 4.78 is 0. The largest absolute Gasteiger partial charge is 0.361 e. The van der Waals surface area contributed by atoms with Gasteiger partial charge in [0.05, 0.1) is 0 Å². The fourth-order valence-corrected chi connectivity index (χ4v) is 3.20. The van der Waals surface area contributed by atoms with Crippen LogP contribution >= 0.6 is 0 Å². The van der Waals surface area contributed by atoms with Crippen LogP contribution in [0.5, 0.6) is 0 Å². The Bertz CT molecular complexity index is 808. The maximum Gasteiger partial charge on any atom is 0.325 e. The van der Waals surface area contributed by atoms with Gasteiger partial charge < -0.3 is 10.4 Å². The van der Waals surface area contributed by atoms with Crippen molar-refractivity contribution in [2.24, 2.45) is 0 Å². The fraction of sp³-hybridized carbons (Fsp3) is 0.211. The maximum absolute atomic E-state index is 12.6. The first-order valence-electron chi connectivity index (χ1n) is 7.77. The minimum atomic E-state index is -0.710. The van der Waals surface area contributed by atoms with E-state index in [9.17, 15) is 9.59 Å². The van der Waals surface area contributed by atoms with Crippen molar-refractivity contribution in [1.29, 1.82) is 0 Å². The van der Waals surface area contributed by atoms with Gasteiger partial charge in [-0.05, 0) is 24.6 Å². The zero-order chi connectivity index (χ0) is 17.1. The van der Waals surface area contributed by atoms with E-state index in [4.69, 9.17) is 5.53 Å². The summed E-state index contributed by atoms with van der Waals surface area (Å²) in [6.45, 7) is 1.96. The molecule has 0 spiro atoms. The van der Waals surface area contributed by atoms with Gasteiger partial charge in [-0.15, -0.1) is 0 Å². The molecule has 1 aliphatic heterocycles. The highest BCUT2D eigenvalue weighted by Crippen LogP contribution is 2.37. The molecule has 3 rings (SSSR count). The molecule has 0 radical (unpaired) electrons. The van der Waals surface area contributed by atoms with Crippen LogP contribution in [-0.4, -0.2) is 28.7 Å². The van der Waals surface area contributed by atoms with Gasteiger partial charge >= 0.3 is 6.21 Å². The predicted molar refractivity (Wildman–Crippen MR) is 90.9 cm³/mol. The van der Waals surface area contributed by atoms with Crippen molar-refractivity contribution in [2.45, 2.75) is 25.3 Å². The van der Waals surface area contributed by atoms with E-state index in [1.807, 2.05) is 61.5 Å². The third kappa shape index (κ3) is 2.90. The van der Waals surface area contributed by atoms with Gasteiger partial charge in [0.2, 0.25) is 5.91 Å². The molecule has 0 N–H and O–H groups in total. The van der Waals surface area contributed by atoms with Crippen LogP contribution in [0.1, 0.15) is 23.5 Å². The van der Waals surface area contributed by atoms with E-state index in [2.05, 4.69) is 4.79 Å². The lowest BCUT2D eigenvalue weighted by molar-refractivity contribution is -0.120. The average Bonchev–Trinajstić information content (AvgIpc) is 2.94. The summed E-state index contributed by atoms with van der Waals surface area (Å²) in [6.07, 6.45) is 1.12. The first-order valence-corrected chi connectivity index (χ1v) is 7.77. The van der Waals surface area contributed by atoms with Gasteiger partial charge in [0.1, 0.15) is 6.04 Å². The third-order valence-electron chi connectivity index (χ3n) is 4.34. The minimum absolute atomic E-state index is 0.114. The lowest BCUT2D eigenvalue weighted by Crippen LogP contribution is -2.41. The summed E-state index contributed by atoms with van der Waals surface area (Å²) in [5, 5.41) is 0. The van der Waals surface area contributed by atoms with Gasteiger partial charge in [-0.3, -0.25) is 9.59 Å².